The van der Waals surface area contributed by atoms with Gasteiger partial charge in [-0.05, 0) is 24.4 Å². The Morgan fingerprint density at radius 3 is 2.70 bits per heavy atom. The summed E-state index contributed by atoms with van der Waals surface area (Å²) < 4.78 is 10.4. The molecule has 2 aromatic carbocycles. The van der Waals surface area contributed by atoms with E-state index in [1.54, 1.807) is 19.1 Å². The molecule has 5 heteroatoms. The summed E-state index contributed by atoms with van der Waals surface area (Å²) in [4.78, 5) is 11.6. The van der Waals surface area contributed by atoms with E-state index in [1.165, 1.54) is 0 Å². The van der Waals surface area contributed by atoms with Crippen molar-refractivity contribution in [3.8, 4) is 5.75 Å². The second-order valence-corrected chi connectivity index (χ2v) is 4.08. The predicted octanol–water partition coefficient (Wildman–Crippen LogP) is 2.78. The summed E-state index contributed by atoms with van der Waals surface area (Å²) in [6, 6.07) is 11.2. The summed E-state index contributed by atoms with van der Waals surface area (Å²) in [5.41, 5.74) is 0.620. The van der Waals surface area contributed by atoms with Gasteiger partial charge in [-0.3, -0.25) is 5.32 Å². The number of ether oxygens (including phenoxy) is 2. The number of fused-ring (bicyclic) bond motifs is 1. The van der Waals surface area contributed by atoms with Crippen LogP contribution in [0.4, 0.5) is 10.5 Å². The Bertz CT molecular complexity index is 592. The number of hydrogen-bond acceptors (Lipinski definition) is 4. The van der Waals surface area contributed by atoms with Crippen LogP contribution >= 0.6 is 0 Å². The Hall–Kier alpha value is -2.27. The number of carbonyl (C=O) groups excluding carboxylic acids is 1. The van der Waals surface area contributed by atoms with E-state index < -0.39 is 6.09 Å². The van der Waals surface area contributed by atoms with Crippen molar-refractivity contribution in [2.75, 3.05) is 25.1 Å². The number of aliphatic hydroxyl groups excluding tert-OH is 1. The van der Waals surface area contributed by atoms with Crippen molar-refractivity contribution in [2.45, 2.75) is 6.92 Å². The van der Waals surface area contributed by atoms with Crippen LogP contribution in [0.25, 0.3) is 10.8 Å². The number of rotatable bonds is 5. The lowest BCUT2D eigenvalue weighted by molar-refractivity contribution is 0.168. The van der Waals surface area contributed by atoms with Crippen molar-refractivity contribution in [3.05, 3.63) is 36.4 Å². The molecule has 2 aromatic rings. The molecule has 1 amide bonds. The molecule has 2 N–H and O–H groups in total. The van der Waals surface area contributed by atoms with Crippen LogP contribution in [-0.2, 0) is 4.74 Å². The molecule has 0 aliphatic carbocycles. The van der Waals surface area contributed by atoms with Crippen molar-refractivity contribution in [3.63, 3.8) is 0 Å². The molecule has 0 saturated heterocycles. The van der Waals surface area contributed by atoms with Crippen LogP contribution in [0.1, 0.15) is 6.92 Å². The highest BCUT2D eigenvalue weighted by atomic mass is 16.5. The number of carbonyl (C=O) groups is 1. The minimum absolute atomic E-state index is 0.0656. The fourth-order valence-electron chi connectivity index (χ4n) is 1.96. The molecular weight excluding hydrogens is 258 g/mol. The largest absolute Gasteiger partial charge is 0.490 e. The van der Waals surface area contributed by atoms with Gasteiger partial charge in [-0.2, -0.15) is 0 Å². The van der Waals surface area contributed by atoms with Gasteiger partial charge < -0.3 is 14.6 Å². The SMILES string of the molecule is CCOC(=O)Nc1cccc2cccc(OCCO)c12. The molecule has 0 unspecified atom stereocenters. The van der Waals surface area contributed by atoms with Crippen molar-refractivity contribution >= 4 is 22.6 Å². The van der Waals surface area contributed by atoms with E-state index in [0.717, 1.165) is 10.8 Å². The highest BCUT2D eigenvalue weighted by Gasteiger charge is 2.10. The normalized spacial score (nSPS) is 10.3. The van der Waals surface area contributed by atoms with Crippen molar-refractivity contribution < 1.29 is 19.4 Å². The molecule has 0 radical (unpaired) electrons. The zero-order chi connectivity index (χ0) is 14.4. The minimum Gasteiger partial charge on any atom is -0.490 e. The molecule has 0 heterocycles. The molecule has 2 rings (SSSR count). The number of anilines is 1. The molecule has 0 aliphatic rings. The van der Waals surface area contributed by atoms with Gasteiger partial charge >= 0.3 is 6.09 Å². The lowest BCUT2D eigenvalue weighted by atomic mass is 10.1. The molecule has 0 bridgehead atoms. The van der Waals surface area contributed by atoms with Gasteiger partial charge in [0.1, 0.15) is 12.4 Å². The second kappa shape index (κ2) is 6.77. The van der Waals surface area contributed by atoms with E-state index in [0.29, 0.717) is 18.0 Å². The van der Waals surface area contributed by atoms with Crippen molar-refractivity contribution in [2.24, 2.45) is 0 Å². The maximum absolute atomic E-state index is 11.6. The summed E-state index contributed by atoms with van der Waals surface area (Å²) in [6.07, 6.45) is -0.503. The number of aliphatic hydroxyl groups is 1. The van der Waals surface area contributed by atoms with Crippen LogP contribution in [-0.4, -0.2) is 31.0 Å². The molecule has 106 valence electrons. The molecule has 0 atom stereocenters. The smallest absolute Gasteiger partial charge is 0.411 e. The van der Waals surface area contributed by atoms with Gasteiger partial charge in [-0.15, -0.1) is 0 Å². The minimum atomic E-state index is -0.503. The van der Waals surface area contributed by atoms with E-state index >= 15 is 0 Å². The Morgan fingerprint density at radius 2 is 2.00 bits per heavy atom. The first-order valence-electron chi connectivity index (χ1n) is 6.45. The summed E-state index contributed by atoms with van der Waals surface area (Å²) in [5, 5.41) is 13.3. The number of amides is 1. The Labute approximate surface area is 117 Å². The lowest BCUT2D eigenvalue weighted by Gasteiger charge is -2.13. The van der Waals surface area contributed by atoms with E-state index in [9.17, 15) is 4.79 Å². The zero-order valence-electron chi connectivity index (χ0n) is 11.3. The van der Waals surface area contributed by atoms with Gasteiger partial charge in [0.05, 0.1) is 18.9 Å². The standard InChI is InChI=1S/C15H17NO4/c1-2-19-15(18)16-12-7-3-5-11-6-4-8-13(14(11)12)20-10-9-17/h3-8,17H,2,9-10H2,1H3,(H,16,18). The Balaban J connectivity index is 2.40. The predicted molar refractivity (Wildman–Crippen MR) is 77.2 cm³/mol. The monoisotopic (exact) mass is 275 g/mol. The summed E-state index contributed by atoms with van der Waals surface area (Å²) in [7, 11) is 0. The maximum Gasteiger partial charge on any atom is 0.411 e. The topological polar surface area (TPSA) is 67.8 Å². The van der Waals surface area contributed by atoms with Gasteiger partial charge in [-0.25, -0.2) is 4.79 Å². The fourth-order valence-corrected chi connectivity index (χ4v) is 1.96. The van der Waals surface area contributed by atoms with Gasteiger partial charge in [0.2, 0.25) is 0 Å². The Morgan fingerprint density at radius 1 is 1.25 bits per heavy atom. The number of nitrogens with one attached hydrogen (secondary N) is 1. The first kappa shape index (κ1) is 14.1. The van der Waals surface area contributed by atoms with E-state index in [4.69, 9.17) is 14.6 Å². The molecular formula is C15H17NO4. The molecule has 5 nitrogen and oxygen atoms in total. The molecule has 0 fully saturated rings. The van der Waals surface area contributed by atoms with Crippen LogP contribution in [0.5, 0.6) is 5.75 Å². The van der Waals surface area contributed by atoms with Gasteiger partial charge in [0.25, 0.3) is 0 Å². The average molecular weight is 275 g/mol. The lowest BCUT2D eigenvalue weighted by Crippen LogP contribution is -2.13. The third-order valence-electron chi connectivity index (χ3n) is 2.73. The number of benzene rings is 2. The van der Waals surface area contributed by atoms with Gasteiger partial charge in [0, 0.05) is 5.39 Å². The quantitative estimate of drug-likeness (QED) is 0.880. The molecule has 0 spiro atoms. The van der Waals surface area contributed by atoms with Crippen LogP contribution < -0.4 is 10.1 Å². The summed E-state index contributed by atoms with van der Waals surface area (Å²) >= 11 is 0. The van der Waals surface area contributed by atoms with E-state index in [2.05, 4.69) is 5.32 Å². The third kappa shape index (κ3) is 3.19. The first-order chi connectivity index (χ1) is 9.76. The number of hydrogen-bond donors (Lipinski definition) is 2. The fraction of sp³-hybridized carbons (Fsp3) is 0.267. The Kier molecular flexibility index (Phi) is 4.79. The average Bonchev–Trinajstić information content (AvgIpc) is 2.45. The van der Waals surface area contributed by atoms with E-state index in [1.807, 2.05) is 24.3 Å². The molecule has 0 saturated carbocycles. The van der Waals surface area contributed by atoms with Gasteiger partial charge in [0.15, 0.2) is 0 Å². The van der Waals surface area contributed by atoms with Crippen molar-refractivity contribution in [1.29, 1.82) is 0 Å². The molecule has 0 aromatic heterocycles. The van der Waals surface area contributed by atoms with Crippen molar-refractivity contribution in [1.82, 2.24) is 0 Å². The first-order valence-corrected chi connectivity index (χ1v) is 6.45. The van der Waals surface area contributed by atoms with Crippen LogP contribution in [0.15, 0.2) is 36.4 Å². The highest BCUT2D eigenvalue weighted by molar-refractivity contribution is 6.03. The maximum atomic E-state index is 11.6. The van der Waals surface area contributed by atoms with Gasteiger partial charge in [-0.1, -0.05) is 24.3 Å². The highest BCUT2D eigenvalue weighted by Crippen LogP contribution is 2.32. The third-order valence-corrected chi connectivity index (χ3v) is 2.73. The van der Waals surface area contributed by atoms with E-state index in [-0.39, 0.29) is 13.2 Å². The second-order valence-electron chi connectivity index (χ2n) is 4.08. The molecule has 0 aliphatic heterocycles. The van der Waals surface area contributed by atoms with Crippen LogP contribution in [0.3, 0.4) is 0 Å². The summed E-state index contributed by atoms with van der Waals surface area (Å²) in [5.74, 6) is 0.615. The van der Waals surface area contributed by atoms with Crippen LogP contribution in [0, 0.1) is 0 Å². The molecule has 20 heavy (non-hydrogen) atoms. The zero-order valence-corrected chi connectivity index (χ0v) is 11.3. The summed E-state index contributed by atoms with van der Waals surface area (Å²) in [6.45, 7) is 2.19. The van der Waals surface area contributed by atoms with Crippen LogP contribution in [0.2, 0.25) is 0 Å².